The summed E-state index contributed by atoms with van der Waals surface area (Å²) in [7, 11) is 0. The van der Waals surface area contributed by atoms with Crippen molar-refractivity contribution in [3.05, 3.63) is 28.3 Å². The molecule has 0 amide bonds. The van der Waals surface area contributed by atoms with E-state index in [1.54, 1.807) is 18.2 Å². The van der Waals surface area contributed by atoms with Gasteiger partial charge in [0.15, 0.2) is 5.75 Å². The zero-order chi connectivity index (χ0) is 14.4. The molecule has 0 radical (unpaired) electrons. The summed E-state index contributed by atoms with van der Waals surface area (Å²) >= 11 is 0. The molecule has 1 aromatic carbocycles. The number of para-hydroxylation sites is 1. The fourth-order valence-electron chi connectivity index (χ4n) is 2.18. The van der Waals surface area contributed by atoms with Crippen LogP contribution in [0.15, 0.2) is 18.2 Å². The number of nitrogens with zero attached hydrogens (tertiary/aromatic N) is 1. The molecule has 1 aromatic rings. The third-order valence-electron chi connectivity index (χ3n) is 3.25. The Kier molecular flexibility index (Phi) is 5.17. The van der Waals surface area contributed by atoms with Gasteiger partial charge in [-0.25, -0.2) is 0 Å². The van der Waals surface area contributed by atoms with Crippen LogP contribution in [0.3, 0.4) is 0 Å². The zero-order valence-corrected chi connectivity index (χ0v) is 11.6. The second-order valence-corrected chi connectivity index (χ2v) is 4.87. The molecular weight excluding hydrogens is 260 g/mol. The van der Waals surface area contributed by atoms with E-state index in [1.165, 1.54) is 0 Å². The Hall–Kier alpha value is -1.82. The molecule has 2 rings (SSSR count). The van der Waals surface area contributed by atoms with Gasteiger partial charge in [-0.3, -0.25) is 10.1 Å². The van der Waals surface area contributed by atoms with Gasteiger partial charge in [0.25, 0.3) is 0 Å². The Bertz CT molecular complexity index is 458. The number of nitro groups is 1. The van der Waals surface area contributed by atoms with Crippen molar-refractivity contribution in [2.75, 3.05) is 31.7 Å². The van der Waals surface area contributed by atoms with Crippen LogP contribution >= 0.6 is 0 Å². The summed E-state index contributed by atoms with van der Waals surface area (Å²) in [5.74, 6) is 0.736. The van der Waals surface area contributed by atoms with Crippen molar-refractivity contribution in [1.29, 1.82) is 0 Å². The van der Waals surface area contributed by atoms with E-state index in [4.69, 9.17) is 9.47 Å². The number of rotatable bonds is 7. The molecule has 1 atom stereocenters. The normalized spacial score (nSPS) is 17.9. The first kappa shape index (κ1) is 14.6. The highest BCUT2D eigenvalue weighted by atomic mass is 16.6. The van der Waals surface area contributed by atoms with Gasteiger partial charge in [0.1, 0.15) is 5.69 Å². The summed E-state index contributed by atoms with van der Waals surface area (Å²) in [6.45, 7) is 4.60. The van der Waals surface area contributed by atoms with Crippen molar-refractivity contribution in [2.24, 2.45) is 5.92 Å². The maximum atomic E-state index is 11.3. The summed E-state index contributed by atoms with van der Waals surface area (Å²) in [4.78, 5) is 10.9. The first-order valence-corrected chi connectivity index (χ1v) is 6.94. The summed E-state index contributed by atoms with van der Waals surface area (Å²) in [5, 5.41) is 14.4. The SMILES string of the molecule is CCCOc1cccc(NCC2CCOC2)c1[N+](=O)[O-]. The average molecular weight is 280 g/mol. The number of hydrogen-bond donors (Lipinski definition) is 1. The topological polar surface area (TPSA) is 73.6 Å². The highest BCUT2D eigenvalue weighted by Gasteiger charge is 2.22. The number of nitro benzene ring substituents is 1. The maximum Gasteiger partial charge on any atom is 0.333 e. The first-order valence-electron chi connectivity index (χ1n) is 6.94. The number of nitrogens with one attached hydrogen (secondary N) is 1. The molecule has 6 heteroatoms. The first-order chi connectivity index (χ1) is 9.72. The van der Waals surface area contributed by atoms with E-state index in [9.17, 15) is 10.1 Å². The van der Waals surface area contributed by atoms with Gasteiger partial charge in [0.2, 0.25) is 0 Å². The van der Waals surface area contributed by atoms with Crippen molar-refractivity contribution in [2.45, 2.75) is 19.8 Å². The van der Waals surface area contributed by atoms with Crippen LogP contribution in [0.1, 0.15) is 19.8 Å². The van der Waals surface area contributed by atoms with E-state index in [2.05, 4.69) is 5.32 Å². The van der Waals surface area contributed by atoms with Gasteiger partial charge in [0.05, 0.1) is 18.1 Å². The van der Waals surface area contributed by atoms with Gasteiger partial charge >= 0.3 is 5.69 Å². The minimum absolute atomic E-state index is 0.0138. The lowest BCUT2D eigenvalue weighted by Crippen LogP contribution is -2.15. The molecule has 1 unspecified atom stereocenters. The maximum absolute atomic E-state index is 11.3. The van der Waals surface area contributed by atoms with E-state index < -0.39 is 4.92 Å². The Balaban J connectivity index is 2.11. The van der Waals surface area contributed by atoms with Gasteiger partial charge in [-0.1, -0.05) is 13.0 Å². The minimum Gasteiger partial charge on any atom is -0.487 e. The van der Waals surface area contributed by atoms with Crippen molar-refractivity contribution >= 4 is 11.4 Å². The highest BCUT2D eigenvalue weighted by Crippen LogP contribution is 2.35. The predicted molar refractivity (Wildman–Crippen MR) is 76.3 cm³/mol. The van der Waals surface area contributed by atoms with Crippen molar-refractivity contribution in [3.63, 3.8) is 0 Å². The average Bonchev–Trinajstić information content (AvgIpc) is 2.95. The van der Waals surface area contributed by atoms with Crippen LogP contribution < -0.4 is 10.1 Å². The number of benzene rings is 1. The van der Waals surface area contributed by atoms with Gasteiger partial charge < -0.3 is 14.8 Å². The molecule has 0 aromatic heterocycles. The number of ether oxygens (including phenoxy) is 2. The van der Waals surface area contributed by atoms with E-state index in [0.29, 0.717) is 37.1 Å². The third-order valence-corrected chi connectivity index (χ3v) is 3.25. The van der Waals surface area contributed by atoms with Crippen LogP contribution in [-0.2, 0) is 4.74 Å². The summed E-state index contributed by atoms with van der Waals surface area (Å²) in [5.41, 5.74) is 0.523. The van der Waals surface area contributed by atoms with Crippen LogP contribution in [0.25, 0.3) is 0 Å². The molecule has 1 saturated heterocycles. The minimum atomic E-state index is -0.390. The Morgan fingerprint density at radius 1 is 1.55 bits per heavy atom. The van der Waals surface area contributed by atoms with Crippen LogP contribution in [0.5, 0.6) is 5.75 Å². The van der Waals surface area contributed by atoms with Crippen molar-refractivity contribution in [1.82, 2.24) is 0 Å². The quantitative estimate of drug-likeness (QED) is 0.614. The van der Waals surface area contributed by atoms with Crippen LogP contribution in [-0.4, -0.2) is 31.3 Å². The molecule has 1 aliphatic heterocycles. The van der Waals surface area contributed by atoms with Gasteiger partial charge in [0, 0.05) is 19.1 Å². The molecule has 1 aliphatic rings. The van der Waals surface area contributed by atoms with Gasteiger partial charge in [-0.05, 0) is 25.0 Å². The standard InChI is InChI=1S/C14H20N2O4/c1-2-7-20-13-5-3-4-12(14(13)16(17)18)15-9-11-6-8-19-10-11/h3-5,11,15H,2,6-10H2,1H3. The summed E-state index contributed by atoms with van der Waals surface area (Å²) in [6.07, 6.45) is 1.81. The lowest BCUT2D eigenvalue weighted by Gasteiger charge is -2.13. The van der Waals surface area contributed by atoms with E-state index in [0.717, 1.165) is 19.4 Å². The summed E-state index contributed by atoms with van der Waals surface area (Å²) < 4.78 is 10.8. The molecule has 1 N–H and O–H groups in total. The lowest BCUT2D eigenvalue weighted by molar-refractivity contribution is -0.385. The molecule has 1 heterocycles. The molecular formula is C14H20N2O4. The molecule has 0 aliphatic carbocycles. The fraction of sp³-hybridized carbons (Fsp3) is 0.571. The molecule has 0 spiro atoms. The molecule has 6 nitrogen and oxygen atoms in total. The van der Waals surface area contributed by atoms with Crippen LogP contribution in [0, 0.1) is 16.0 Å². The molecule has 1 fully saturated rings. The molecule has 20 heavy (non-hydrogen) atoms. The van der Waals surface area contributed by atoms with E-state index >= 15 is 0 Å². The zero-order valence-electron chi connectivity index (χ0n) is 11.6. The number of anilines is 1. The monoisotopic (exact) mass is 280 g/mol. The highest BCUT2D eigenvalue weighted by molar-refractivity contribution is 5.68. The van der Waals surface area contributed by atoms with E-state index in [1.807, 2.05) is 6.92 Å². The molecule has 110 valence electrons. The van der Waals surface area contributed by atoms with E-state index in [-0.39, 0.29) is 5.69 Å². The molecule has 0 bridgehead atoms. The smallest absolute Gasteiger partial charge is 0.333 e. The Morgan fingerprint density at radius 2 is 2.40 bits per heavy atom. The lowest BCUT2D eigenvalue weighted by atomic mass is 10.1. The van der Waals surface area contributed by atoms with Gasteiger partial charge in [-0.15, -0.1) is 0 Å². The van der Waals surface area contributed by atoms with Crippen LogP contribution in [0.4, 0.5) is 11.4 Å². The second-order valence-electron chi connectivity index (χ2n) is 4.87. The summed E-state index contributed by atoms with van der Waals surface area (Å²) in [6, 6.07) is 5.12. The third kappa shape index (κ3) is 3.60. The van der Waals surface area contributed by atoms with Crippen LogP contribution in [0.2, 0.25) is 0 Å². The second kappa shape index (κ2) is 7.09. The van der Waals surface area contributed by atoms with Crippen molar-refractivity contribution < 1.29 is 14.4 Å². The Labute approximate surface area is 118 Å². The predicted octanol–water partition coefficient (Wildman–Crippen LogP) is 2.83. The Morgan fingerprint density at radius 3 is 3.05 bits per heavy atom. The van der Waals surface area contributed by atoms with Gasteiger partial charge in [-0.2, -0.15) is 0 Å². The number of hydrogen-bond acceptors (Lipinski definition) is 5. The molecule has 0 saturated carbocycles. The van der Waals surface area contributed by atoms with Crippen molar-refractivity contribution in [3.8, 4) is 5.75 Å². The fourth-order valence-corrected chi connectivity index (χ4v) is 2.18. The largest absolute Gasteiger partial charge is 0.487 e.